The average Bonchev–Trinajstić information content (AvgIpc) is 2.89. The van der Waals surface area contributed by atoms with E-state index in [2.05, 4.69) is 21.8 Å². The van der Waals surface area contributed by atoms with E-state index in [0.717, 1.165) is 45.2 Å². The summed E-state index contributed by atoms with van der Waals surface area (Å²) in [5.74, 6) is 0.855. The Morgan fingerprint density at radius 2 is 1.90 bits per heavy atom. The quantitative estimate of drug-likeness (QED) is 0.866. The summed E-state index contributed by atoms with van der Waals surface area (Å²) >= 11 is 0. The Hall–Kier alpha value is -0.910. The molecular formula is C15H26N4O. The SMILES string of the molecule is CC1CCN(CC(O)CN2CC(n3cccn3)C2)CC1. The van der Waals surface area contributed by atoms with Gasteiger partial charge in [-0.3, -0.25) is 9.58 Å². The van der Waals surface area contributed by atoms with Crippen LogP contribution in [0.5, 0.6) is 0 Å². The lowest BCUT2D eigenvalue weighted by Crippen LogP contribution is -2.52. The lowest BCUT2D eigenvalue weighted by molar-refractivity contribution is 0.0193. The van der Waals surface area contributed by atoms with Crippen LogP contribution in [0.25, 0.3) is 0 Å². The summed E-state index contributed by atoms with van der Waals surface area (Å²) in [5, 5.41) is 14.5. The number of likely N-dealkylation sites (tertiary alicyclic amines) is 2. The van der Waals surface area contributed by atoms with E-state index >= 15 is 0 Å². The summed E-state index contributed by atoms with van der Waals surface area (Å²) in [6, 6.07) is 2.46. The van der Waals surface area contributed by atoms with Crippen molar-refractivity contribution in [2.75, 3.05) is 39.3 Å². The van der Waals surface area contributed by atoms with Crippen LogP contribution in [0.2, 0.25) is 0 Å². The highest BCUT2D eigenvalue weighted by atomic mass is 16.3. The van der Waals surface area contributed by atoms with Gasteiger partial charge in [-0.25, -0.2) is 0 Å². The van der Waals surface area contributed by atoms with Gasteiger partial charge in [0.05, 0.1) is 12.1 Å². The fourth-order valence-corrected chi connectivity index (χ4v) is 3.25. The molecule has 0 amide bonds. The highest BCUT2D eigenvalue weighted by Gasteiger charge is 2.30. The summed E-state index contributed by atoms with van der Waals surface area (Å²) in [6.07, 6.45) is 6.18. The Morgan fingerprint density at radius 1 is 1.20 bits per heavy atom. The van der Waals surface area contributed by atoms with Gasteiger partial charge in [-0.2, -0.15) is 5.10 Å². The van der Waals surface area contributed by atoms with Crippen LogP contribution in [0.1, 0.15) is 25.8 Å². The second kappa shape index (κ2) is 6.24. The van der Waals surface area contributed by atoms with Crippen LogP contribution in [0, 0.1) is 5.92 Å². The number of aliphatic hydroxyl groups excluding tert-OH is 1. The van der Waals surface area contributed by atoms with Gasteiger partial charge in [0.25, 0.3) is 0 Å². The zero-order valence-corrected chi connectivity index (χ0v) is 12.4. The summed E-state index contributed by atoms with van der Waals surface area (Å²) < 4.78 is 2.02. The van der Waals surface area contributed by atoms with Crippen molar-refractivity contribution in [3.05, 3.63) is 18.5 Å². The normalized spacial score (nSPS) is 24.7. The van der Waals surface area contributed by atoms with Crippen LogP contribution in [0.15, 0.2) is 18.5 Å². The van der Waals surface area contributed by atoms with Crippen molar-refractivity contribution in [2.24, 2.45) is 5.92 Å². The molecule has 5 heteroatoms. The summed E-state index contributed by atoms with van der Waals surface area (Å²) in [5.41, 5.74) is 0. The summed E-state index contributed by atoms with van der Waals surface area (Å²) in [7, 11) is 0. The first-order valence-electron chi connectivity index (χ1n) is 7.82. The predicted octanol–water partition coefficient (Wildman–Crippen LogP) is 0.833. The molecule has 2 fully saturated rings. The van der Waals surface area contributed by atoms with E-state index in [1.54, 1.807) is 0 Å². The van der Waals surface area contributed by atoms with Crippen molar-refractivity contribution >= 4 is 0 Å². The number of piperidine rings is 1. The smallest absolute Gasteiger partial charge is 0.0793 e. The van der Waals surface area contributed by atoms with Crippen molar-refractivity contribution in [3.63, 3.8) is 0 Å². The highest BCUT2D eigenvalue weighted by Crippen LogP contribution is 2.21. The topological polar surface area (TPSA) is 44.5 Å². The number of β-amino-alcohol motifs (C(OH)–C–C–N with tert-alkyl or cyclic N) is 1. The van der Waals surface area contributed by atoms with Gasteiger partial charge in [0.2, 0.25) is 0 Å². The minimum Gasteiger partial charge on any atom is -0.390 e. The molecule has 3 heterocycles. The van der Waals surface area contributed by atoms with E-state index in [1.807, 2.05) is 23.1 Å². The average molecular weight is 278 g/mol. The molecular weight excluding hydrogens is 252 g/mol. The van der Waals surface area contributed by atoms with Crippen LogP contribution in [-0.4, -0.2) is 70.1 Å². The molecule has 0 aliphatic carbocycles. The van der Waals surface area contributed by atoms with Crippen molar-refractivity contribution in [1.29, 1.82) is 0 Å². The molecule has 1 unspecified atom stereocenters. The molecule has 0 saturated carbocycles. The molecule has 2 aliphatic heterocycles. The van der Waals surface area contributed by atoms with Gasteiger partial charge in [-0.05, 0) is 37.9 Å². The number of rotatable bonds is 5. The fourth-order valence-electron chi connectivity index (χ4n) is 3.25. The largest absolute Gasteiger partial charge is 0.390 e. The van der Waals surface area contributed by atoms with E-state index in [1.165, 1.54) is 12.8 Å². The minimum atomic E-state index is -0.220. The van der Waals surface area contributed by atoms with Gasteiger partial charge < -0.3 is 10.0 Å². The van der Waals surface area contributed by atoms with E-state index in [-0.39, 0.29) is 6.10 Å². The molecule has 1 atom stereocenters. The molecule has 0 bridgehead atoms. The second-order valence-electron chi connectivity index (χ2n) is 6.50. The fraction of sp³-hybridized carbons (Fsp3) is 0.800. The first-order chi connectivity index (χ1) is 9.70. The monoisotopic (exact) mass is 278 g/mol. The second-order valence-corrected chi connectivity index (χ2v) is 6.50. The van der Waals surface area contributed by atoms with Gasteiger partial charge in [0.1, 0.15) is 0 Å². The molecule has 5 nitrogen and oxygen atoms in total. The van der Waals surface area contributed by atoms with Gasteiger partial charge >= 0.3 is 0 Å². The molecule has 1 N–H and O–H groups in total. The highest BCUT2D eigenvalue weighted by molar-refractivity contribution is 4.90. The number of aliphatic hydroxyl groups is 1. The Labute approximate surface area is 121 Å². The third kappa shape index (κ3) is 3.40. The van der Waals surface area contributed by atoms with Crippen LogP contribution in [-0.2, 0) is 0 Å². The zero-order chi connectivity index (χ0) is 13.9. The molecule has 1 aromatic rings. The third-order valence-electron chi connectivity index (χ3n) is 4.65. The Morgan fingerprint density at radius 3 is 2.55 bits per heavy atom. The van der Waals surface area contributed by atoms with E-state index in [4.69, 9.17) is 0 Å². The van der Waals surface area contributed by atoms with Gasteiger partial charge in [0, 0.05) is 38.6 Å². The maximum Gasteiger partial charge on any atom is 0.0793 e. The van der Waals surface area contributed by atoms with Crippen LogP contribution in [0.4, 0.5) is 0 Å². The maximum absolute atomic E-state index is 10.2. The summed E-state index contributed by atoms with van der Waals surface area (Å²) in [6.45, 7) is 8.26. The van der Waals surface area contributed by atoms with Crippen LogP contribution < -0.4 is 0 Å². The van der Waals surface area contributed by atoms with E-state index in [9.17, 15) is 5.11 Å². The Bertz CT molecular complexity index is 394. The molecule has 3 rings (SSSR count). The lowest BCUT2D eigenvalue weighted by Gasteiger charge is -2.41. The molecule has 2 aliphatic rings. The van der Waals surface area contributed by atoms with Crippen molar-refractivity contribution in [2.45, 2.75) is 31.9 Å². The van der Waals surface area contributed by atoms with Gasteiger partial charge in [0.15, 0.2) is 0 Å². The third-order valence-corrected chi connectivity index (χ3v) is 4.65. The van der Waals surface area contributed by atoms with Crippen LogP contribution >= 0.6 is 0 Å². The minimum absolute atomic E-state index is 0.220. The molecule has 2 saturated heterocycles. The first kappa shape index (κ1) is 14.0. The van der Waals surface area contributed by atoms with Crippen LogP contribution in [0.3, 0.4) is 0 Å². The van der Waals surface area contributed by atoms with Gasteiger partial charge in [-0.15, -0.1) is 0 Å². The molecule has 0 radical (unpaired) electrons. The number of aromatic nitrogens is 2. The predicted molar refractivity (Wildman–Crippen MR) is 78.5 cm³/mol. The standard InChI is InChI=1S/C15H26N4O/c1-13-3-7-17(8-4-13)11-15(20)12-18-9-14(10-18)19-6-2-5-16-19/h2,5-6,13-15,20H,3-4,7-12H2,1H3. The van der Waals surface area contributed by atoms with E-state index in [0.29, 0.717) is 6.04 Å². The van der Waals surface area contributed by atoms with Gasteiger partial charge in [-0.1, -0.05) is 6.92 Å². The van der Waals surface area contributed by atoms with Crippen molar-refractivity contribution in [3.8, 4) is 0 Å². The summed E-state index contributed by atoms with van der Waals surface area (Å²) in [4.78, 5) is 4.74. The molecule has 1 aromatic heterocycles. The molecule has 112 valence electrons. The number of hydrogen-bond donors (Lipinski definition) is 1. The Balaban J connectivity index is 1.35. The maximum atomic E-state index is 10.2. The zero-order valence-electron chi connectivity index (χ0n) is 12.4. The lowest BCUT2D eigenvalue weighted by atomic mass is 9.99. The Kier molecular flexibility index (Phi) is 4.38. The number of hydrogen-bond acceptors (Lipinski definition) is 4. The molecule has 0 spiro atoms. The van der Waals surface area contributed by atoms with E-state index < -0.39 is 0 Å². The first-order valence-corrected chi connectivity index (χ1v) is 7.82. The molecule has 0 aromatic carbocycles. The van der Waals surface area contributed by atoms with Crippen molar-refractivity contribution in [1.82, 2.24) is 19.6 Å². The number of nitrogens with zero attached hydrogens (tertiary/aromatic N) is 4. The molecule has 20 heavy (non-hydrogen) atoms. The van der Waals surface area contributed by atoms with Crippen molar-refractivity contribution < 1.29 is 5.11 Å².